The monoisotopic (exact) mass is 321 g/mol. The van der Waals surface area contributed by atoms with Crippen LogP contribution in [0.1, 0.15) is 39.5 Å². The highest BCUT2D eigenvalue weighted by atomic mass is 16.6. The minimum Gasteiger partial charge on any atom is -0.458 e. The van der Waals surface area contributed by atoms with E-state index < -0.39 is 18.1 Å². The fourth-order valence-corrected chi connectivity index (χ4v) is 2.35. The maximum Gasteiger partial charge on any atom is 0.407 e. The van der Waals surface area contributed by atoms with E-state index in [4.69, 9.17) is 9.47 Å². The average Bonchev–Trinajstić information content (AvgIpc) is 2.52. The van der Waals surface area contributed by atoms with Crippen LogP contribution in [0, 0.1) is 5.92 Å². The lowest BCUT2D eigenvalue weighted by Gasteiger charge is -2.37. The van der Waals surface area contributed by atoms with Crippen LogP contribution >= 0.6 is 0 Å². The molecule has 1 saturated heterocycles. The minimum atomic E-state index is -0.582. The molecule has 0 spiro atoms. The van der Waals surface area contributed by atoms with Crippen molar-refractivity contribution in [2.75, 3.05) is 6.61 Å². The number of ether oxygens (including phenoxy) is 2. The topological polar surface area (TPSA) is 64.6 Å². The molecule has 0 aliphatic carbocycles. The van der Waals surface area contributed by atoms with Crippen LogP contribution in [-0.2, 0) is 14.3 Å². The number of hydrogen-bond donors (Lipinski definition) is 1. The van der Waals surface area contributed by atoms with Gasteiger partial charge in [0.15, 0.2) is 6.04 Å². The fourth-order valence-electron chi connectivity index (χ4n) is 2.35. The number of amides is 1. The van der Waals surface area contributed by atoms with Gasteiger partial charge in [-0.25, -0.2) is 9.59 Å². The van der Waals surface area contributed by atoms with Crippen molar-refractivity contribution < 1.29 is 19.1 Å². The third-order valence-electron chi connectivity index (χ3n) is 3.70. The number of esters is 1. The van der Waals surface area contributed by atoms with Crippen LogP contribution in [0.25, 0.3) is 0 Å². The largest absolute Gasteiger partial charge is 0.458 e. The van der Waals surface area contributed by atoms with Gasteiger partial charge in [-0.15, -0.1) is 0 Å². The van der Waals surface area contributed by atoms with E-state index in [1.54, 1.807) is 6.08 Å². The Morgan fingerprint density at radius 2 is 2.09 bits per heavy atom. The standard InChI is InChI=1S/C18H27NO4/c1-5-10-14(6-2)11-8-7-9-12-22-18(21)19-15-16(13(3)4)23-17(15)20/h5-6,10,13,15-16H,1-2,7-9,11-12H2,3-4H3,(H,19,21). The summed E-state index contributed by atoms with van der Waals surface area (Å²) in [5.74, 6) is -0.229. The summed E-state index contributed by atoms with van der Waals surface area (Å²) in [6.07, 6.45) is 8.38. The van der Waals surface area contributed by atoms with Crippen molar-refractivity contribution in [2.45, 2.75) is 51.7 Å². The van der Waals surface area contributed by atoms with E-state index >= 15 is 0 Å². The van der Waals surface area contributed by atoms with Crippen molar-refractivity contribution in [3.8, 4) is 0 Å². The summed E-state index contributed by atoms with van der Waals surface area (Å²) in [5, 5.41) is 2.56. The van der Waals surface area contributed by atoms with Gasteiger partial charge >= 0.3 is 12.1 Å². The molecule has 0 bridgehead atoms. The summed E-state index contributed by atoms with van der Waals surface area (Å²) in [7, 11) is 0. The lowest BCUT2D eigenvalue weighted by atomic mass is 9.95. The van der Waals surface area contributed by atoms with Gasteiger partial charge < -0.3 is 14.8 Å². The lowest BCUT2D eigenvalue weighted by Crippen LogP contribution is -2.61. The first-order valence-electron chi connectivity index (χ1n) is 8.07. The predicted molar refractivity (Wildman–Crippen MR) is 89.9 cm³/mol. The molecule has 1 rings (SSSR count). The van der Waals surface area contributed by atoms with Crippen molar-refractivity contribution in [2.24, 2.45) is 5.92 Å². The molecular formula is C18H27NO4. The van der Waals surface area contributed by atoms with Crippen molar-refractivity contribution in [1.82, 2.24) is 5.32 Å². The molecule has 1 aliphatic heterocycles. The van der Waals surface area contributed by atoms with Gasteiger partial charge in [0.2, 0.25) is 0 Å². The quantitative estimate of drug-likeness (QED) is 0.380. The summed E-state index contributed by atoms with van der Waals surface area (Å²) in [4.78, 5) is 23.0. The van der Waals surface area contributed by atoms with Crippen molar-refractivity contribution in [3.63, 3.8) is 0 Å². The van der Waals surface area contributed by atoms with Crippen LogP contribution in [0.4, 0.5) is 4.79 Å². The molecule has 0 saturated carbocycles. The molecule has 1 amide bonds. The predicted octanol–water partition coefficient (Wildman–Crippen LogP) is 3.52. The molecule has 5 heteroatoms. The molecule has 0 aromatic carbocycles. The van der Waals surface area contributed by atoms with Crippen LogP contribution in [0.5, 0.6) is 0 Å². The second-order valence-corrected chi connectivity index (χ2v) is 5.90. The first kappa shape index (κ1) is 19.0. The number of unbranched alkanes of at least 4 members (excludes halogenated alkanes) is 2. The number of carbonyl (C=O) groups is 2. The maximum absolute atomic E-state index is 11.7. The summed E-state index contributed by atoms with van der Waals surface area (Å²) >= 11 is 0. The van der Waals surface area contributed by atoms with Crippen molar-refractivity contribution in [1.29, 1.82) is 0 Å². The van der Waals surface area contributed by atoms with E-state index in [1.807, 2.05) is 26.0 Å². The third kappa shape index (κ3) is 6.30. The second kappa shape index (κ2) is 9.87. The molecule has 0 aromatic rings. The van der Waals surface area contributed by atoms with Gasteiger partial charge in [0.05, 0.1) is 6.61 Å². The van der Waals surface area contributed by atoms with Gasteiger partial charge in [0.25, 0.3) is 0 Å². The minimum absolute atomic E-state index is 0.167. The zero-order valence-corrected chi connectivity index (χ0v) is 14.0. The fraction of sp³-hybridized carbons (Fsp3) is 0.556. The molecule has 23 heavy (non-hydrogen) atoms. The molecular weight excluding hydrogens is 294 g/mol. The van der Waals surface area contributed by atoms with Crippen molar-refractivity contribution in [3.05, 3.63) is 37.0 Å². The molecule has 2 atom stereocenters. The Balaban J connectivity index is 2.13. The van der Waals surface area contributed by atoms with Crippen LogP contribution in [0.3, 0.4) is 0 Å². The van der Waals surface area contributed by atoms with Gasteiger partial charge in [-0.05, 0) is 37.2 Å². The number of nitrogens with one attached hydrogen (secondary N) is 1. The van der Waals surface area contributed by atoms with Gasteiger partial charge in [-0.3, -0.25) is 0 Å². The molecule has 0 radical (unpaired) electrons. The van der Waals surface area contributed by atoms with E-state index in [2.05, 4.69) is 18.5 Å². The average molecular weight is 321 g/mol. The molecule has 1 aliphatic rings. The second-order valence-electron chi connectivity index (χ2n) is 5.90. The Kier molecular flexibility index (Phi) is 8.16. The van der Waals surface area contributed by atoms with E-state index in [0.29, 0.717) is 6.61 Å². The van der Waals surface area contributed by atoms with Crippen LogP contribution < -0.4 is 5.32 Å². The highest BCUT2D eigenvalue weighted by Gasteiger charge is 2.45. The van der Waals surface area contributed by atoms with E-state index in [-0.39, 0.29) is 12.0 Å². The Morgan fingerprint density at radius 3 is 2.65 bits per heavy atom. The number of carbonyl (C=O) groups excluding carboxylic acids is 2. The number of hydrogen-bond acceptors (Lipinski definition) is 4. The van der Waals surface area contributed by atoms with Gasteiger partial charge in [-0.2, -0.15) is 0 Å². The lowest BCUT2D eigenvalue weighted by molar-refractivity contribution is -0.181. The Morgan fingerprint density at radius 1 is 1.35 bits per heavy atom. The SMILES string of the molecule is C=CC=C(C=C)CCCCCOC(=O)NC1C(=O)OC1C(C)C. The number of alkyl carbamates (subject to hydrolysis) is 1. The molecule has 0 aromatic heterocycles. The normalized spacial score (nSPS) is 20.5. The highest BCUT2D eigenvalue weighted by Crippen LogP contribution is 2.22. The molecule has 5 nitrogen and oxygen atoms in total. The third-order valence-corrected chi connectivity index (χ3v) is 3.70. The Hall–Kier alpha value is -2.04. The first-order valence-corrected chi connectivity index (χ1v) is 8.07. The van der Waals surface area contributed by atoms with E-state index in [9.17, 15) is 9.59 Å². The molecule has 1 N–H and O–H groups in total. The smallest absolute Gasteiger partial charge is 0.407 e. The van der Waals surface area contributed by atoms with Crippen LogP contribution in [0.15, 0.2) is 37.0 Å². The maximum atomic E-state index is 11.7. The molecule has 2 unspecified atom stereocenters. The Labute approximate surface area is 138 Å². The summed E-state index contributed by atoms with van der Waals surface area (Å²) in [6, 6.07) is -0.582. The first-order chi connectivity index (χ1) is 11.0. The zero-order chi connectivity index (χ0) is 17.2. The van der Waals surface area contributed by atoms with Crippen molar-refractivity contribution >= 4 is 12.1 Å². The molecule has 128 valence electrons. The molecule has 1 fully saturated rings. The summed E-state index contributed by atoms with van der Waals surface area (Å²) in [6.45, 7) is 11.6. The van der Waals surface area contributed by atoms with Gasteiger partial charge in [-0.1, -0.05) is 45.2 Å². The summed E-state index contributed by atoms with van der Waals surface area (Å²) in [5.41, 5.74) is 1.15. The van der Waals surface area contributed by atoms with Crippen LogP contribution in [0.2, 0.25) is 0 Å². The number of allylic oxidation sites excluding steroid dienone is 4. The zero-order valence-electron chi connectivity index (χ0n) is 14.0. The van der Waals surface area contributed by atoms with Gasteiger partial charge in [0, 0.05) is 0 Å². The van der Waals surface area contributed by atoms with E-state index in [0.717, 1.165) is 31.3 Å². The highest BCUT2D eigenvalue weighted by molar-refractivity contribution is 5.86. The summed E-state index contributed by atoms with van der Waals surface area (Å²) < 4.78 is 10.1. The van der Waals surface area contributed by atoms with Crippen LogP contribution in [-0.4, -0.2) is 30.8 Å². The number of rotatable bonds is 10. The molecule has 1 heterocycles. The van der Waals surface area contributed by atoms with Gasteiger partial charge in [0.1, 0.15) is 6.10 Å². The Bertz CT molecular complexity index is 468. The van der Waals surface area contributed by atoms with E-state index in [1.165, 1.54) is 0 Å². The number of cyclic esters (lactones) is 1.